The number of benzene rings is 1. The number of nitrogens with one attached hydrogen (secondary N) is 1. The Morgan fingerprint density at radius 3 is 2.62 bits per heavy atom. The highest BCUT2D eigenvalue weighted by molar-refractivity contribution is 9.10. The first kappa shape index (κ1) is 10.8. The number of nitrogens with two attached hydrogens (primary N) is 2. The van der Waals surface area contributed by atoms with E-state index in [4.69, 9.17) is 11.5 Å². The fourth-order valence-electron chi connectivity index (χ4n) is 1.27. The topological polar surface area (TPSA) is 77.0 Å². The Kier molecular flexibility index (Phi) is 2.96. The SMILES string of the molecule is Nc1ccc(Nc2cccc(Br)c2)nc1N. The molecule has 2 aromatic rings. The van der Waals surface area contributed by atoms with Gasteiger partial charge in [0.25, 0.3) is 0 Å². The van der Waals surface area contributed by atoms with Crippen molar-refractivity contribution in [3.8, 4) is 0 Å². The maximum atomic E-state index is 5.62. The highest BCUT2D eigenvalue weighted by Gasteiger charge is 2.00. The lowest BCUT2D eigenvalue weighted by atomic mass is 10.3. The molecule has 0 fully saturated rings. The first-order chi connectivity index (χ1) is 7.65. The van der Waals surface area contributed by atoms with Crippen molar-refractivity contribution in [1.82, 2.24) is 4.98 Å². The number of rotatable bonds is 2. The van der Waals surface area contributed by atoms with Crippen LogP contribution >= 0.6 is 15.9 Å². The minimum atomic E-state index is 0.333. The van der Waals surface area contributed by atoms with Crippen molar-refractivity contribution < 1.29 is 0 Å². The highest BCUT2D eigenvalue weighted by Crippen LogP contribution is 2.21. The molecule has 0 saturated heterocycles. The monoisotopic (exact) mass is 278 g/mol. The van der Waals surface area contributed by atoms with Gasteiger partial charge in [-0.1, -0.05) is 22.0 Å². The summed E-state index contributed by atoms with van der Waals surface area (Å²) in [7, 11) is 0. The van der Waals surface area contributed by atoms with Gasteiger partial charge >= 0.3 is 0 Å². The smallest absolute Gasteiger partial charge is 0.149 e. The Hall–Kier alpha value is -1.75. The van der Waals surface area contributed by atoms with E-state index < -0.39 is 0 Å². The summed E-state index contributed by atoms with van der Waals surface area (Å²) in [6.07, 6.45) is 0. The van der Waals surface area contributed by atoms with Crippen molar-refractivity contribution in [3.63, 3.8) is 0 Å². The van der Waals surface area contributed by atoms with Gasteiger partial charge in [0.1, 0.15) is 11.6 Å². The normalized spacial score (nSPS) is 10.1. The van der Waals surface area contributed by atoms with E-state index in [0.29, 0.717) is 17.3 Å². The van der Waals surface area contributed by atoms with E-state index in [1.165, 1.54) is 0 Å². The summed E-state index contributed by atoms with van der Waals surface area (Å²) in [5.74, 6) is 1.00. The molecule has 0 amide bonds. The Morgan fingerprint density at radius 2 is 1.94 bits per heavy atom. The van der Waals surface area contributed by atoms with Gasteiger partial charge in [-0.15, -0.1) is 0 Å². The minimum Gasteiger partial charge on any atom is -0.396 e. The molecule has 5 heteroatoms. The van der Waals surface area contributed by atoms with Crippen LogP contribution in [0.2, 0.25) is 0 Å². The molecule has 5 N–H and O–H groups in total. The summed E-state index contributed by atoms with van der Waals surface area (Å²) in [5, 5.41) is 3.14. The summed E-state index contributed by atoms with van der Waals surface area (Å²) < 4.78 is 1.00. The third-order valence-corrected chi connectivity index (χ3v) is 2.55. The zero-order valence-electron chi connectivity index (χ0n) is 8.44. The van der Waals surface area contributed by atoms with Crippen LogP contribution in [-0.4, -0.2) is 4.98 Å². The van der Waals surface area contributed by atoms with Crippen LogP contribution in [0.4, 0.5) is 23.0 Å². The quantitative estimate of drug-likeness (QED) is 0.790. The van der Waals surface area contributed by atoms with Gasteiger partial charge in [-0.05, 0) is 30.3 Å². The number of hydrogen-bond donors (Lipinski definition) is 3. The van der Waals surface area contributed by atoms with Crippen LogP contribution in [-0.2, 0) is 0 Å². The van der Waals surface area contributed by atoms with Gasteiger partial charge in [-0.3, -0.25) is 0 Å². The van der Waals surface area contributed by atoms with Crippen LogP contribution < -0.4 is 16.8 Å². The Balaban J connectivity index is 2.24. The van der Waals surface area contributed by atoms with E-state index in [-0.39, 0.29) is 0 Å². The van der Waals surface area contributed by atoms with Gasteiger partial charge in [-0.2, -0.15) is 0 Å². The molecular weight excluding hydrogens is 268 g/mol. The van der Waals surface area contributed by atoms with Crippen molar-refractivity contribution >= 4 is 38.9 Å². The molecule has 1 aromatic heterocycles. The van der Waals surface area contributed by atoms with Crippen LogP contribution in [0.3, 0.4) is 0 Å². The minimum absolute atomic E-state index is 0.333. The molecule has 0 atom stereocenters. The van der Waals surface area contributed by atoms with Gasteiger partial charge in [0.05, 0.1) is 5.69 Å². The molecule has 1 heterocycles. The predicted molar refractivity (Wildman–Crippen MR) is 70.5 cm³/mol. The second-order valence-corrected chi connectivity index (χ2v) is 4.22. The van der Waals surface area contributed by atoms with E-state index in [1.54, 1.807) is 12.1 Å². The van der Waals surface area contributed by atoms with Crippen molar-refractivity contribution in [3.05, 3.63) is 40.9 Å². The third kappa shape index (κ3) is 2.43. The van der Waals surface area contributed by atoms with Crippen LogP contribution in [0, 0.1) is 0 Å². The van der Waals surface area contributed by atoms with E-state index in [1.807, 2.05) is 24.3 Å². The average Bonchev–Trinajstić information content (AvgIpc) is 2.24. The van der Waals surface area contributed by atoms with E-state index in [0.717, 1.165) is 10.2 Å². The maximum absolute atomic E-state index is 5.62. The van der Waals surface area contributed by atoms with Crippen molar-refractivity contribution in [2.45, 2.75) is 0 Å². The number of nitrogen functional groups attached to an aromatic ring is 2. The van der Waals surface area contributed by atoms with Crippen LogP contribution in [0.15, 0.2) is 40.9 Å². The van der Waals surface area contributed by atoms with Crippen LogP contribution in [0.1, 0.15) is 0 Å². The number of anilines is 4. The molecule has 0 spiro atoms. The second-order valence-electron chi connectivity index (χ2n) is 3.31. The zero-order chi connectivity index (χ0) is 11.5. The average molecular weight is 279 g/mol. The molecule has 0 bridgehead atoms. The lowest BCUT2D eigenvalue weighted by molar-refractivity contribution is 1.32. The molecule has 0 aliphatic heterocycles. The summed E-state index contributed by atoms with van der Waals surface area (Å²) in [4.78, 5) is 4.12. The fraction of sp³-hybridized carbons (Fsp3) is 0. The lowest BCUT2D eigenvalue weighted by Crippen LogP contribution is -2.00. The lowest BCUT2D eigenvalue weighted by Gasteiger charge is -2.07. The molecular formula is C11H11BrN4. The van der Waals surface area contributed by atoms with Gasteiger partial charge in [0, 0.05) is 10.2 Å². The van der Waals surface area contributed by atoms with E-state index >= 15 is 0 Å². The number of hydrogen-bond acceptors (Lipinski definition) is 4. The Labute approximate surface area is 102 Å². The first-order valence-corrected chi connectivity index (χ1v) is 5.49. The summed E-state index contributed by atoms with van der Waals surface area (Å²) in [5.41, 5.74) is 12.6. The predicted octanol–water partition coefficient (Wildman–Crippen LogP) is 2.75. The second kappa shape index (κ2) is 4.40. The summed E-state index contributed by atoms with van der Waals surface area (Å²) >= 11 is 3.40. The molecule has 2 rings (SSSR count). The number of aromatic nitrogens is 1. The van der Waals surface area contributed by atoms with Gasteiger partial charge in [0.2, 0.25) is 0 Å². The highest BCUT2D eigenvalue weighted by atomic mass is 79.9. The third-order valence-electron chi connectivity index (χ3n) is 2.05. The van der Waals surface area contributed by atoms with Crippen molar-refractivity contribution in [2.75, 3.05) is 16.8 Å². The standard InChI is InChI=1S/C11H11BrN4/c12-7-2-1-3-8(6-7)15-10-5-4-9(13)11(14)16-10/h1-6H,13H2,(H3,14,15,16). The molecule has 16 heavy (non-hydrogen) atoms. The van der Waals surface area contributed by atoms with Gasteiger partial charge in [-0.25, -0.2) is 4.98 Å². The van der Waals surface area contributed by atoms with Gasteiger partial charge < -0.3 is 16.8 Å². The van der Waals surface area contributed by atoms with E-state index in [2.05, 4.69) is 26.2 Å². The fourth-order valence-corrected chi connectivity index (χ4v) is 1.67. The Bertz CT molecular complexity index is 513. The molecule has 0 aliphatic carbocycles. The molecule has 4 nitrogen and oxygen atoms in total. The number of pyridine rings is 1. The zero-order valence-corrected chi connectivity index (χ0v) is 10.0. The van der Waals surface area contributed by atoms with Crippen LogP contribution in [0.5, 0.6) is 0 Å². The number of nitrogens with zero attached hydrogens (tertiary/aromatic N) is 1. The maximum Gasteiger partial charge on any atom is 0.149 e. The van der Waals surface area contributed by atoms with Crippen LogP contribution in [0.25, 0.3) is 0 Å². The largest absolute Gasteiger partial charge is 0.396 e. The van der Waals surface area contributed by atoms with Crippen molar-refractivity contribution in [1.29, 1.82) is 0 Å². The Morgan fingerprint density at radius 1 is 1.12 bits per heavy atom. The molecule has 1 aromatic carbocycles. The molecule has 0 radical (unpaired) electrons. The molecule has 0 saturated carbocycles. The first-order valence-electron chi connectivity index (χ1n) is 4.70. The van der Waals surface area contributed by atoms with Gasteiger partial charge in [0.15, 0.2) is 0 Å². The number of halogens is 1. The molecule has 82 valence electrons. The molecule has 0 aliphatic rings. The van der Waals surface area contributed by atoms with Crippen molar-refractivity contribution in [2.24, 2.45) is 0 Å². The summed E-state index contributed by atoms with van der Waals surface area (Å²) in [6.45, 7) is 0. The molecule has 0 unspecified atom stereocenters. The van der Waals surface area contributed by atoms with E-state index in [9.17, 15) is 0 Å². The summed E-state index contributed by atoms with van der Waals surface area (Å²) in [6, 6.07) is 11.3.